The van der Waals surface area contributed by atoms with E-state index in [1.807, 2.05) is 10.9 Å². The third-order valence-corrected chi connectivity index (χ3v) is 5.10. The van der Waals surface area contributed by atoms with Gasteiger partial charge in [0.1, 0.15) is 17.1 Å². The van der Waals surface area contributed by atoms with Crippen molar-refractivity contribution in [2.24, 2.45) is 0 Å². The first-order chi connectivity index (χ1) is 14.8. The van der Waals surface area contributed by atoms with Crippen LogP contribution in [0.1, 0.15) is 61.8 Å². The largest absolute Gasteiger partial charge is 0.494 e. The summed E-state index contributed by atoms with van der Waals surface area (Å²) in [6.45, 7) is 4.26. The maximum atomic E-state index is 12.9. The van der Waals surface area contributed by atoms with Crippen LogP contribution in [0.25, 0.3) is 10.9 Å². The number of fused-ring (bicyclic) bond motifs is 1. The van der Waals surface area contributed by atoms with Crippen LogP contribution in [-0.2, 0) is 6.18 Å². The highest BCUT2D eigenvalue weighted by molar-refractivity contribution is 6.05. The highest BCUT2D eigenvalue weighted by Gasteiger charge is 2.33. The van der Waals surface area contributed by atoms with Crippen LogP contribution in [0.15, 0.2) is 36.5 Å². The Hall–Kier alpha value is -3.10. The predicted octanol–water partition coefficient (Wildman–Crippen LogP) is 5.85. The van der Waals surface area contributed by atoms with Crippen LogP contribution in [0.5, 0.6) is 5.75 Å². The Morgan fingerprint density at radius 2 is 2.03 bits per heavy atom. The molecule has 0 radical (unpaired) electrons. The minimum Gasteiger partial charge on any atom is -0.494 e. The average Bonchev–Trinajstić information content (AvgIpc) is 3.15. The molecule has 0 bridgehead atoms. The summed E-state index contributed by atoms with van der Waals surface area (Å²) in [7, 11) is 1.45. The van der Waals surface area contributed by atoms with Gasteiger partial charge in [0.2, 0.25) is 0 Å². The molecular weight excluding hydrogens is 409 g/mol. The summed E-state index contributed by atoms with van der Waals surface area (Å²) in [6.07, 6.45) is 1.44. The number of rotatable bonds is 8. The van der Waals surface area contributed by atoms with Gasteiger partial charge in [0.05, 0.1) is 24.4 Å². The lowest BCUT2D eigenvalue weighted by atomic mass is 10.1. The summed E-state index contributed by atoms with van der Waals surface area (Å²) in [6, 6.07) is 6.87. The van der Waals surface area contributed by atoms with Crippen molar-refractivity contribution in [1.82, 2.24) is 14.8 Å². The predicted molar refractivity (Wildman–Crippen MR) is 112 cm³/mol. The number of aromatic nitrogens is 3. The molecule has 31 heavy (non-hydrogen) atoms. The quantitative estimate of drug-likeness (QED) is 0.483. The van der Waals surface area contributed by atoms with Gasteiger partial charge in [-0.1, -0.05) is 32.8 Å². The van der Waals surface area contributed by atoms with E-state index in [1.165, 1.54) is 13.2 Å². The van der Waals surface area contributed by atoms with Gasteiger partial charge in [-0.3, -0.25) is 9.48 Å². The summed E-state index contributed by atoms with van der Waals surface area (Å²) in [5.41, 5.74) is -0.415. The van der Waals surface area contributed by atoms with Gasteiger partial charge in [-0.25, -0.2) is 4.98 Å². The molecule has 0 fully saturated rings. The number of amides is 1. The number of hydrogen-bond acceptors (Lipinski definition) is 4. The van der Waals surface area contributed by atoms with E-state index in [9.17, 15) is 18.0 Å². The molecule has 3 rings (SSSR count). The van der Waals surface area contributed by atoms with Crippen molar-refractivity contribution < 1.29 is 22.7 Å². The second kappa shape index (κ2) is 9.36. The van der Waals surface area contributed by atoms with Gasteiger partial charge in [0.15, 0.2) is 0 Å². The molecule has 6 nitrogen and oxygen atoms in total. The van der Waals surface area contributed by atoms with E-state index in [4.69, 9.17) is 4.74 Å². The number of alkyl halides is 3. The molecule has 1 amide bonds. The first-order valence-electron chi connectivity index (χ1n) is 10.2. The fourth-order valence-electron chi connectivity index (χ4n) is 3.39. The molecule has 0 aliphatic carbocycles. The van der Waals surface area contributed by atoms with Crippen molar-refractivity contribution in [2.75, 3.05) is 12.4 Å². The lowest BCUT2D eigenvalue weighted by Crippen LogP contribution is -2.17. The molecule has 2 heterocycles. The minimum absolute atomic E-state index is 0.269. The molecule has 0 saturated heterocycles. The number of ether oxygens (including phenoxy) is 1. The number of halogens is 3. The molecule has 1 atom stereocenters. The number of nitrogens with zero attached hydrogens (tertiary/aromatic N) is 3. The molecule has 0 saturated carbocycles. The molecule has 0 aliphatic rings. The number of pyridine rings is 1. The number of methoxy groups -OCH3 is 1. The van der Waals surface area contributed by atoms with Crippen molar-refractivity contribution >= 4 is 22.5 Å². The van der Waals surface area contributed by atoms with Crippen molar-refractivity contribution in [3.8, 4) is 5.75 Å². The Morgan fingerprint density at radius 3 is 2.68 bits per heavy atom. The zero-order chi connectivity index (χ0) is 22.6. The van der Waals surface area contributed by atoms with Crippen LogP contribution in [0.3, 0.4) is 0 Å². The molecule has 166 valence electrons. The number of unbranched alkanes of at least 4 members (excludes halogenated alkanes) is 1. The first-order valence-corrected chi connectivity index (χ1v) is 10.2. The van der Waals surface area contributed by atoms with Crippen LogP contribution in [0.2, 0.25) is 0 Å². The Labute approximate surface area is 178 Å². The van der Waals surface area contributed by atoms with E-state index < -0.39 is 17.8 Å². The average molecular weight is 434 g/mol. The molecule has 0 spiro atoms. The maximum absolute atomic E-state index is 12.9. The molecule has 1 N–H and O–H groups in total. The van der Waals surface area contributed by atoms with Crippen molar-refractivity contribution in [3.63, 3.8) is 0 Å². The molecule has 1 aromatic carbocycles. The highest BCUT2D eigenvalue weighted by Crippen LogP contribution is 2.32. The Bertz CT molecular complexity index is 1060. The van der Waals surface area contributed by atoms with Crippen molar-refractivity contribution in [2.45, 2.75) is 51.7 Å². The van der Waals surface area contributed by atoms with Crippen molar-refractivity contribution in [1.29, 1.82) is 0 Å². The van der Waals surface area contributed by atoms with Gasteiger partial charge >= 0.3 is 6.18 Å². The molecular formula is C22H25F3N4O2. The topological polar surface area (TPSA) is 69.0 Å². The first kappa shape index (κ1) is 22.6. The second-order valence-corrected chi connectivity index (χ2v) is 7.28. The van der Waals surface area contributed by atoms with Crippen LogP contribution in [0.4, 0.5) is 18.9 Å². The zero-order valence-electron chi connectivity index (χ0n) is 17.7. The van der Waals surface area contributed by atoms with Gasteiger partial charge in [-0.2, -0.15) is 18.3 Å². The van der Waals surface area contributed by atoms with Crippen LogP contribution in [0, 0.1) is 0 Å². The fraction of sp³-hybridized carbons (Fsp3) is 0.409. The van der Waals surface area contributed by atoms with E-state index in [-0.39, 0.29) is 11.7 Å². The highest BCUT2D eigenvalue weighted by atomic mass is 19.4. The SMILES string of the molecule is CCCC[C@H](CC)n1cc2cc(NC(=O)c3cccc(C(F)(F)F)n3)c(OC)cc2n1. The van der Waals surface area contributed by atoms with Crippen molar-refractivity contribution in [3.05, 3.63) is 47.9 Å². The molecule has 0 unspecified atom stereocenters. The monoisotopic (exact) mass is 434 g/mol. The van der Waals surface area contributed by atoms with Gasteiger partial charge in [-0.15, -0.1) is 0 Å². The number of carbonyl (C=O) groups is 1. The van der Waals surface area contributed by atoms with E-state index in [2.05, 4.69) is 29.2 Å². The molecule has 9 heteroatoms. The lowest BCUT2D eigenvalue weighted by molar-refractivity contribution is -0.141. The van der Waals surface area contributed by atoms with E-state index in [0.29, 0.717) is 17.0 Å². The van der Waals surface area contributed by atoms with E-state index in [0.717, 1.165) is 43.2 Å². The Kier molecular flexibility index (Phi) is 6.82. The number of carbonyl (C=O) groups excluding carboxylic acids is 1. The zero-order valence-corrected chi connectivity index (χ0v) is 17.7. The summed E-state index contributed by atoms with van der Waals surface area (Å²) in [5, 5.41) is 8.05. The van der Waals surface area contributed by atoms with Gasteiger partial charge < -0.3 is 10.1 Å². The Morgan fingerprint density at radius 1 is 1.26 bits per heavy atom. The van der Waals surface area contributed by atoms with Crippen LogP contribution in [-0.4, -0.2) is 27.8 Å². The summed E-state index contributed by atoms with van der Waals surface area (Å²) >= 11 is 0. The number of hydrogen-bond donors (Lipinski definition) is 1. The summed E-state index contributed by atoms with van der Waals surface area (Å²) in [4.78, 5) is 16.0. The smallest absolute Gasteiger partial charge is 0.433 e. The normalized spacial score (nSPS) is 12.7. The summed E-state index contributed by atoms with van der Waals surface area (Å²) in [5.74, 6) is -0.398. The van der Waals surface area contributed by atoms with Gasteiger partial charge in [0, 0.05) is 17.6 Å². The van der Waals surface area contributed by atoms with Crippen LogP contribution >= 0.6 is 0 Å². The lowest BCUT2D eigenvalue weighted by Gasteiger charge is -2.14. The number of benzene rings is 1. The van der Waals surface area contributed by atoms with E-state index in [1.54, 1.807) is 12.1 Å². The molecule has 0 aliphatic heterocycles. The standard InChI is InChI=1S/C22H25F3N4O2/c1-4-6-8-15(5-2)29-13-14-11-18(19(31-3)12-17(14)28-29)27-21(30)16-9-7-10-20(26-16)22(23,24)25/h7,9-13,15H,4-6,8H2,1-3H3,(H,27,30)/t15-/m0/s1. The van der Waals surface area contributed by atoms with E-state index >= 15 is 0 Å². The molecule has 3 aromatic rings. The number of nitrogens with one attached hydrogen (secondary N) is 1. The summed E-state index contributed by atoms with van der Waals surface area (Å²) < 4.78 is 46.0. The maximum Gasteiger partial charge on any atom is 0.433 e. The Balaban J connectivity index is 1.90. The number of anilines is 1. The second-order valence-electron chi connectivity index (χ2n) is 7.28. The van der Waals surface area contributed by atoms with Crippen LogP contribution < -0.4 is 10.1 Å². The molecule has 2 aromatic heterocycles. The third kappa shape index (κ3) is 5.15. The minimum atomic E-state index is -4.63. The third-order valence-electron chi connectivity index (χ3n) is 5.10. The van der Waals surface area contributed by atoms with Gasteiger partial charge in [-0.05, 0) is 31.0 Å². The fourth-order valence-corrected chi connectivity index (χ4v) is 3.39. The van der Waals surface area contributed by atoms with Gasteiger partial charge in [0.25, 0.3) is 5.91 Å².